The third-order valence-corrected chi connectivity index (χ3v) is 9.91. The lowest BCUT2D eigenvalue weighted by Gasteiger charge is -2.42. The molecule has 2 amide bonds. The van der Waals surface area contributed by atoms with E-state index in [2.05, 4.69) is 46.6 Å². The maximum Gasteiger partial charge on any atom is 0.254 e. The third kappa shape index (κ3) is 6.23. The van der Waals surface area contributed by atoms with E-state index in [0.29, 0.717) is 53.2 Å². The molecule has 0 saturated carbocycles. The fourth-order valence-corrected chi connectivity index (χ4v) is 7.45. The average Bonchev–Trinajstić information content (AvgIpc) is 3.57. The molecule has 0 aromatic heterocycles. The van der Waals surface area contributed by atoms with Crippen molar-refractivity contribution in [2.45, 2.75) is 44.8 Å². The Morgan fingerprint density at radius 1 is 0.881 bits per heavy atom. The second-order valence-electron chi connectivity index (χ2n) is 12.2. The van der Waals surface area contributed by atoms with Gasteiger partial charge in [-0.25, -0.2) is 0 Å². The highest BCUT2D eigenvalue weighted by molar-refractivity contribution is 6.42. The van der Waals surface area contributed by atoms with E-state index in [0.717, 1.165) is 42.6 Å². The van der Waals surface area contributed by atoms with Crippen LogP contribution in [-0.4, -0.2) is 77.9 Å². The fourth-order valence-electron chi connectivity index (χ4n) is 7.14. The molecule has 0 aliphatic carbocycles. The zero-order valence-electron chi connectivity index (χ0n) is 24.2. The van der Waals surface area contributed by atoms with Gasteiger partial charge in [0, 0.05) is 50.4 Å². The minimum atomic E-state index is -0.309. The van der Waals surface area contributed by atoms with Gasteiger partial charge >= 0.3 is 0 Å². The Hall–Kier alpha value is -2.90. The maximum absolute atomic E-state index is 13.7. The standard InChI is InChI=1S/C34H38Cl2N4O2/c1-22-12-23(2)14-26(13-22)34(42)38-10-11-40(32(21-38)25-8-9-29(35)30(36)17-25)33(41)18-37-31-20-39-19-27(31)16-28(39)15-24-6-4-3-5-7-24/h3-9,12-14,17,27-28,31-32,37H,10-11,15-16,18-21H2,1-2H3/t27?,28?,31?,32-/m0/s1. The van der Waals surface area contributed by atoms with Crippen LogP contribution >= 0.6 is 23.2 Å². The van der Waals surface area contributed by atoms with Crippen molar-refractivity contribution in [3.05, 3.63) is 105 Å². The summed E-state index contributed by atoms with van der Waals surface area (Å²) in [5.41, 5.74) is 5.06. The molecule has 3 aliphatic heterocycles. The van der Waals surface area contributed by atoms with E-state index in [9.17, 15) is 9.59 Å². The van der Waals surface area contributed by atoms with Crippen LogP contribution in [-0.2, 0) is 11.2 Å². The van der Waals surface area contributed by atoms with Crippen molar-refractivity contribution in [3.63, 3.8) is 0 Å². The molecule has 6 nitrogen and oxygen atoms in total. The second kappa shape index (κ2) is 12.4. The smallest absolute Gasteiger partial charge is 0.254 e. The molecule has 3 aromatic rings. The van der Waals surface area contributed by atoms with Crippen molar-refractivity contribution in [3.8, 4) is 0 Å². The third-order valence-electron chi connectivity index (χ3n) is 9.18. The summed E-state index contributed by atoms with van der Waals surface area (Å²) in [5, 5.41) is 4.51. The van der Waals surface area contributed by atoms with Crippen molar-refractivity contribution in [1.29, 1.82) is 0 Å². The number of benzene rings is 3. The Morgan fingerprint density at radius 3 is 2.33 bits per heavy atom. The topological polar surface area (TPSA) is 55.9 Å². The first kappa shape index (κ1) is 29.2. The van der Waals surface area contributed by atoms with Gasteiger partial charge in [-0.2, -0.15) is 0 Å². The summed E-state index contributed by atoms with van der Waals surface area (Å²) >= 11 is 12.6. The molecule has 1 N–H and O–H groups in total. The van der Waals surface area contributed by atoms with Crippen LogP contribution in [0.2, 0.25) is 10.0 Å². The monoisotopic (exact) mass is 604 g/mol. The SMILES string of the molecule is Cc1cc(C)cc(C(=O)N2CCN(C(=O)CNC3CN4CC3CC4Cc3ccccc3)[C@H](c3ccc(Cl)c(Cl)c3)C2)c1. The number of aryl methyl sites for hydroxylation is 2. The molecule has 5 atom stereocenters. The summed E-state index contributed by atoms with van der Waals surface area (Å²) < 4.78 is 0. The number of nitrogens with zero attached hydrogens (tertiary/aromatic N) is 3. The highest BCUT2D eigenvalue weighted by Crippen LogP contribution is 2.35. The molecule has 4 unspecified atom stereocenters. The summed E-state index contributed by atoms with van der Waals surface area (Å²) in [6, 6.07) is 22.7. The van der Waals surface area contributed by atoms with Gasteiger partial charge in [0.05, 0.1) is 22.6 Å². The number of nitrogens with one attached hydrogen (secondary N) is 1. The average molecular weight is 606 g/mol. The molecule has 2 bridgehead atoms. The molecule has 220 valence electrons. The lowest BCUT2D eigenvalue weighted by molar-refractivity contribution is -0.135. The summed E-state index contributed by atoms with van der Waals surface area (Å²) in [5.74, 6) is 0.589. The van der Waals surface area contributed by atoms with E-state index in [1.54, 1.807) is 6.07 Å². The van der Waals surface area contributed by atoms with Crippen LogP contribution in [0.4, 0.5) is 0 Å². The first-order valence-electron chi connectivity index (χ1n) is 14.9. The van der Waals surface area contributed by atoms with Gasteiger partial charge in [-0.05, 0) is 68.0 Å². The van der Waals surface area contributed by atoms with Gasteiger partial charge in [0.1, 0.15) is 0 Å². The molecule has 8 heteroatoms. The number of carbonyl (C=O) groups excluding carboxylic acids is 2. The van der Waals surface area contributed by atoms with Crippen LogP contribution in [0.25, 0.3) is 0 Å². The minimum absolute atomic E-state index is 0.0156. The molecular weight excluding hydrogens is 567 g/mol. The van der Waals surface area contributed by atoms with Crippen LogP contribution in [0.3, 0.4) is 0 Å². The molecule has 3 aromatic carbocycles. The van der Waals surface area contributed by atoms with Crippen LogP contribution in [0.1, 0.15) is 45.1 Å². The number of hydrogen-bond acceptors (Lipinski definition) is 4. The van der Waals surface area contributed by atoms with E-state index < -0.39 is 0 Å². The second-order valence-corrected chi connectivity index (χ2v) is 13.0. The van der Waals surface area contributed by atoms with Gasteiger partial charge in [-0.1, -0.05) is 76.8 Å². The number of rotatable bonds is 7. The molecule has 0 radical (unpaired) electrons. The van der Waals surface area contributed by atoms with E-state index >= 15 is 0 Å². The Bertz CT molecular complexity index is 1440. The van der Waals surface area contributed by atoms with Crippen molar-refractivity contribution < 1.29 is 9.59 Å². The Kier molecular flexibility index (Phi) is 8.60. The lowest BCUT2D eigenvalue weighted by Crippen LogP contribution is -2.55. The van der Waals surface area contributed by atoms with Crippen LogP contribution in [0.5, 0.6) is 0 Å². The molecule has 3 saturated heterocycles. The zero-order valence-corrected chi connectivity index (χ0v) is 25.7. The maximum atomic E-state index is 13.7. The predicted octanol–water partition coefficient (Wildman–Crippen LogP) is 5.54. The number of piperidine rings is 1. The normalized spacial score (nSPS) is 25.2. The minimum Gasteiger partial charge on any atom is -0.334 e. The Labute approximate surface area is 258 Å². The molecule has 6 rings (SSSR count). The van der Waals surface area contributed by atoms with Gasteiger partial charge in [-0.15, -0.1) is 0 Å². The number of amides is 2. The van der Waals surface area contributed by atoms with Gasteiger partial charge in [0.25, 0.3) is 5.91 Å². The number of piperazine rings is 1. The van der Waals surface area contributed by atoms with Gasteiger partial charge < -0.3 is 15.1 Å². The van der Waals surface area contributed by atoms with Gasteiger partial charge in [0.2, 0.25) is 5.91 Å². The van der Waals surface area contributed by atoms with Crippen LogP contribution in [0, 0.1) is 19.8 Å². The largest absolute Gasteiger partial charge is 0.334 e. The summed E-state index contributed by atoms with van der Waals surface area (Å²) in [6.45, 7) is 7.69. The van der Waals surface area contributed by atoms with Crippen LogP contribution < -0.4 is 5.32 Å². The van der Waals surface area contributed by atoms with E-state index in [1.165, 1.54) is 5.56 Å². The molecule has 42 heavy (non-hydrogen) atoms. The quantitative estimate of drug-likeness (QED) is 0.385. The van der Waals surface area contributed by atoms with Crippen molar-refractivity contribution in [2.75, 3.05) is 39.3 Å². The molecular formula is C34H38Cl2N4O2. The Morgan fingerprint density at radius 2 is 1.64 bits per heavy atom. The van der Waals surface area contributed by atoms with Crippen molar-refractivity contribution in [1.82, 2.24) is 20.0 Å². The van der Waals surface area contributed by atoms with Crippen molar-refractivity contribution >= 4 is 35.0 Å². The first-order chi connectivity index (χ1) is 20.2. The fraction of sp³-hybridized carbons (Fsp3) is 0.412. The lowest BCUT2D eigenvalue weighted by atomic mass is 9.92. The number of carbonyl (C=O) groups is 2. The van der Waals surface area contributed by atoms with Gasteiger partial charge in [-0.3, -0.25) is 14.5 Å². The summed E-state index contributed by atoms with van der Waals surface area (Å²) in [6.07, 6.45) is 2.24. The van der Waals surface area contributed by atoms with Gasteiger partial charge in [0.15, 0.2) is 0 Å². The van der Waals surface area contributed by atoms with E-state index in [4.69, 9.17) is 23.2 Å². The first-order valence-corrected chi connectivity index (χ1v) is 15.6. The highest BCUT2D eigenvalue weighted by Gasteiger charge is 2.44. The molecule has 3 aliphatic rings. The highest BCUT2D eigenvalue weighted by atomic mass is 35.5. The molecule has 3 fully saturated rings. The number of hydrogen-bond donors (Lipinski definition) is 1. The van der Waals surface area contributed by atoms with Crippen molar-refractivity contribution in [2.24, 2.45) is 5.92 Å². The van der Waals surface area contributed by atoms with E-state index in [-0.39, 0.29) is 24.4 Å². The summed E-state index contributed by atoms with van der Waals surface area (Å²) in [7, 11) is 0. The van der Waals surface area contributed by atoms with Crippen LogP contribution in [0.15, 0.2) is 66.7 Å². The predicted molar refractivity (Wildman–Crippen MR) is 168 cm³/mol. The van der Waals surface area contributed by atoms with E-state index in [1.807, 2.05) is 47.9 Å². The number of halogens is 2. The Balaban J connectivity index is 1.12. The number of fused-ring (bicyclic) bond motifs is 2. The summed E-state index contributed by atoms with van der Waals surface area (Å²) in [4.78, 5) is 33.6. The molecule has 3 heterocycles. The molecule has 0 spiro atoms. The zero-order chi connectivity index (χ0) is 29.4.